The Labute approximate surface area is 182 Å². The van der Waals surface area contributed by atoms with E-state index in [-0.39, 0.29) is 10.8 Å². The number of amides is 1. The molecule has 7 heteroatoms. The number of hydrogen-bond acceptors (Lipinski definition) is 4. The van der Waals surface area contributed by atoms with E-state index >= 15 is 0 Å². The van der Waals surface area contributed by atoms with E-state index < -0.39 is 10.0 Å². The number of fused-ring (bicyclic) bond motifs is 1. The Bertz CT molecular complexity index is 1210. The number of sulfonamides is 1. The van der Waals surface area contributed by atoms with Crippen molar-refractivity contribution in [3.05, 3.63) is 89.5 Å². The molecule has 3 aromatic rings. The summed E-state index contributed by atoms with van der Waals surface area (Å²) in [5, 5.41) is 2.78. The third-order valence-corrected chi connectivity index (χ3v) is 6.98. The normalized spacial score (nSPS) is 13.0. The maximum Gasteiger partial charge on any atom is 0.264 e. The fraction of sp³-hybridized carbons (Fsp3) is 0.208. The number of carbonyl (C=O) groups is 1. The maximum atomic E-state index is 13.2. The van der Waals surface area contributed by atoms with Crippen LogP contribution in [0.1, 0.15) is 21.5 Å². The molecule has 4 rings (SSSR count). The van der Waals surface area contributed by atoms with Crippen LogP contribution in [-0.4, -0.2) is 34.0 Å². The number of anilines is 1. The van der Waals surface area contributed by atoms with Gasteiger partial charge in [-0.1, -0.05) is 36.4 Å². The first-order valence-electron chi connectivity index (χ1n) is 10.1. The van der Waals surface area contributed by atoms with E-state index in [0.717, 1.165) is 16.9 Å². The summed E-state index contributed by atoms with van der Waals surface area (Å²) in [6.07, 6.45) is 0.677. The molecule has 0 aromatic heterocycles. The van der Waals surface area contributed by atoms with E-state index in [2.05, 4.69) is 5.32 Å². The number of benzene rings is 3. The lowest BCUT2D eigenvalue weighted by molar-refractivity contribution is 0.0946. The summed E-state index contributed by atoms with van der Waals surface area (Å²) >= 11 is 0. The quantitative estimate of drug-likeness (QED) is 0.575. The molecule has 31 heavy (non-hydrogen) atoms. The first-order chi connectivity index (χ1) is 14.9. The smallest absolute Gasteiger partial charge is 0.264 e. The number of nitrogens with zero attached hydrogens (tertiary/aromatic N) is 1. The maximum absolute atomic E-state index is 13.2. The average Bonchev–Trinajstić information content (AvgIpc) is 3.22. The minimum absolute atomic E-state index is 0.105. The molecule has 1 aliphatic heterocycles. The van der Waals surface area contributed by atoms with Crippen molar-refractivity contribution >= 4 is 21.6 Å². The summed E-state index contributed by atoms with van der Waals surface area (Å²) in [5.74, 6) is 0.403. The summed E-state index contributed by atoms with van der Waals surface area (Å²) in [7, 11) is -3.74. The highest BCUT2D eigenvalue weighted by Gasteiger charge is 2.30. The van der Waals surface area contributed by atoms with Gasteiger partial charge in [0.25, 0.3) is 15.9 Å². The summed E-state index contributed by atoms with van der Waals surface area (Å²) in [4.78, 5) is 12.6. The molecule has 1 N–H and O–H groups in total. The van der Waals surface area contributed by atoms with Crippen LogP contribution in [0.5, 0.6) is 5.75 Å². The van der Waals surface area contributed by atoms with Crippen LogP contribution in [0.15, 0.2) is 77.7 Å². The Balaban J connectivity index is 1.41. The lowest BCUT2D eigenvalue weighted by atomic mass is 10.2. The predicted octanol–water partition coefficient (Wildman–Crippen LogP) is 3.56. The minimum Gasteiger partial charge on any atom is -0.492 e. The van der Waals surface area contributed by atoms with Crippen LogP contribution in [-0.2, 0) is 16.4 Å². The molecular formula is C24H24N2O4S. The number of ether oxygens (including phenoxy) is 1. The molecule has 0 fully saturated rings. The Kier molecular flexibility index (Phi) is 5.95. The number of aryl methyl sites for hydroxylation is 1. The molecule has 0 unspecified atom stereocenters. The van der Waals surface area contributed by atoms with Gasteiger partial charge in [-0.3, -0.25) is 9.10 Å². The topological polar surface area (TPSA) is 75.7 Å². The van der Waals surface area contributed by atoms with Crippen molar-refractivity contribution < 1.29 is 17.9 Å². The van der Waals surface area contributed by atoms with Crippen molar-refractivity contribution in [2.24, 2.45) is 0 Å². The van der Waals surface area contributed by atoms with Crippen molar-refractivity contribution in [3.8, 4) is 5.75 Å². The largest absolute Gasteiger partial charge is 0.492 e. The molecule has 160 valence electrons. The van der Waals surface area contributed by atoms with Gasteiger partial charge < -0.3 is 10.1 Å². The van der Waals surface area contributed by atoms with Gasteiger partial charge in [0.15, 0.2) is 0 Å². The molecular weight excluding hydrogens is 412 g/mol. The van der Waals surface area contributed by atoms with Crippen LogP contribution in [0, 0.1) is 6.92 Å². The highest BCUT2D eigenvalue weighted by atomic mass is 32.2. The van der Waals surface area contributed by atoms with Gasteiger partial charge in [-0.25, -0.2) is 8.42 Å². The number of para-hydroxylation sites is 1. The SMILES string of the molecule is Cc1cccc(OCCNC(=O)c2cccc(S(=O)(=O)N3CCc4ccccc43)c2)c1. The van der Waals surface area contributed by atoms with Gasteiger partial charge in [0.2, 0.25) is 0 Å². The Hall–Kier alpha value is -3.32. The van der Waals surface area contributed by atoms with Crippen molar-refractivity contribution in [2.75, 3.05) is 24.0 Å². The van der Waals surface area contributed by atoms with Crippen molar-refractivity contribution in [1.29, 1.82) is 0 Å². The molecule has 0 radical (unpaired) electrons. The number of nitrogens with one attached hydrogen (secondary N) is 1. The van der Waals surface area contributed by atoms with E-state index in [9.17, 15) is 13.2 Å². The second-order valence-electron chi connectivity index (χ2n) is 7.40. The van der Waals surface area contributed by atoms with E-state index in [1.54, 1.807) is 12.1 Å². The number of rotatable bonds is 7. The fourth-order valence-electron chi connectivity index (χ4n) is 3.62. The molecule has 0 spiro atoms. The Morgan fingerprint density at radius 2 is 1.84 bits per heavy atom. The van der Waals surface area contributed by atoms with Crippen molar-refractivity contribution in [3.63, 3.8) is 0 Å². The van der Waals surface area contributed by atoms with Gasteiger partial charge in [0.05, 0.1) is 17.1 Å². The molecule has 0 atom stereocenters. The fourth-order valence-corrected chi connectivity index (χ4v) is 5.17. The zero-order valence-corrected chi connectivity index (χ0v) is 18.1. The highest BCUT2D eigenvalue weighted by Crippen LogP contribution is 2.32. The van der Waals surface area contributed by atoms with Gasteiger partial charge in [0, 0.05) is 12.1 Å². The molecule has 0 bridgehead atoms. The third kappa shape index (κ3) is 4.56. The van der Waals surface area contributed by atoms with Crippen LogP contribution in [0.3, 0.4) is 0 Å². The second kappa shape index (κ2) is 8.81. The van der Waals surface area contributed by atoms with E-state index in [4.69, 9.17) is 4.74 Å². The minimum atomic E-state index is -3.74. The van der Waals surface area contributed by atoms with Crippen LogP contribution in [0.4, 0.5) is 5.69 Å². The lowest BCUT2D eigenvalue weighted by Gasteiger charge is -2.20. The van der Waals surface area contributed by atoms with Gasteiger partial charge in [-0.15, -0.1) is 0 Å². The molecule has 0 saturated carbocycles. The van der Waals surface area contributed by atoms with E-state index in [1.165, 1.54) is 16.4 Å². The van der Waals surface area contributed by atoms with Crippen LogP contribution >= 0.6 is 0 Å². The van der Waals surface area contributed by atoms with Gasteiger partial charge >= 0.3 is 0 Å². The number of hydrogen-bond donors (Lipinski definition) is 1. The summed E-state index contributed by atoms with van der Waals surface area (Å²) in [6.45, 7) is 3.01. The molecule has 1 aliphatic rings. The van der Waals surface area contributed by atoms with Crippen molar-refractivity contribution in [2.45, 2.75) is 18.2 Å². The zero-order chi connectivity index (χ0) is 21.8. The van der Waals surface area contributed by atoms with Crippen LogP contribution in [0.25, 0.3) is 0 Å². The number of carbonyl (C=O) groups excluding carboxylic acids is 1. The summed E-state index contributed by atoms with van der Waals surface area (Å²) < 4.78 is 33.4. The molecule has 0 saturated heterocycles. The highest BCUT2D eigenvalue weighted by molar-refractivity contribution is 7.92. The lowest BCUT2D eigenvalue weighted by Crippen LogP contribution is -2.30. The molecule has 6 nitrogen and oxygen atoms in total. The summed E-state index contributed by atoms with van der Waals surface area (Å²) in [5.41, 5.74) is 3.10. The molecule has 0 aliphatic carbocycles. The first kappa shape index (κ1) is 20.9. The van der Waals surface area contributed by atoms with Gasteiger partial charge in [0.1, 0.15) is 12.4 Å². The van der Waals surface area contributed by atoms with Crippen LogP contribution < -0.4 is 14.4 Å². The standard InChI is InChI=1S/C24H24N2O4S/c1-18-6-4-9-21(16-18)30-15-13-25-24(27)20-8-5-10-22(17-20)31(28,29)26-14-12-19-7-2-3-11-23(19)26/h2-11,16-17H,12-15H2,1H3,(H,25,27). The monoisotopic (exact) mass is 436 g/mol. The summed E-state index contributed by atoms with van der Waals surface area (Å²) in [6, 6.07) is 21.3. The predicted molar refractivity (Wildman–Crippen MR) is 120 cm³/mol. The Morgan fingerprint density at radius 3 is 2.68 bits per heavy atom. The van der Waals surface area contributed by atoms with Crippen molar-refractivity contribution in [1.82, 2.24) is 5.32 Å². The molecule has 1 amide bonds. The van der Waals surface area contributed by atoms with E-state index in [1.807, 2.05) is 55.5 Å². The van der Waals surface area contributed by atoms with Gasteiger partial charge in [-0.2, -0.15) is 0 Å². The molecule has 1 heterocycles. The van der Waals surface area contributed by atoms with Crippen LogP contribution in [0.2, 0.25) is 0 Å². The third-order valence-electron chi connectivity index (χ3n) is 5.17. The van der Waals surface area contributed by atoms with Gasteiger partial charge in [-0.05, 0) is 60.9 Å². The first-order valence-corrected chi connectivity index (χ1v) is 11.6. The van der Waals surface area contributed by atoms with E-state index in [0.29, 0.717) is 37.4 Å². The second-order valence-corrected chi connectivity index (χ2v) is 9.27. The molecule has 3 aromatic carbocycles. The zero-order valence-electron chi connectivity index (χ0n) is 17.2. The Morgan fingerprint density at radius 1 is 1.03 bits per heavy atom. The average molecular weight is 437 g/mol.